The third kappa shape index (κ3) is 3.85. The van der Waals surface area contributed by atoms with Crippen LogP contribution in [0.2, 0.25) is 0 Å². The quantitative estimate of drug-likeness (QED) is 0.452. The highest BCUT2D eigenvalue weighted by Crippen LogP contribution is 2.39. The molecule has 8 heteroatoms. The highest BCUT2D eigenvalue weighted by atomic mass is 32.1. The van der Waals surface area contributed by atoms with Crippen molar-refractivity contribution >= 4 is 45.2 Å². The summed E-state index contributed by atoms with van der Waals surface area (Å²) < 4.78 is 13.8. The van der Waals surface area contributed by atoms with Gasteiger partial charge in [-0.1, -0.05) is 12.1 Å². The zero-order valence-electron chi connectivity index (χ0n) is 16.1. The number of amides is 2. The second-order valence-corrected chi connectivity index (χ2v) is 7.36. The van der Waals surface area contributed by atoms with Crippen molar-refractivity contribution in [2.45, 2.75) is 6.92 Å². The van der Waals surface area contributed by atoms with E-state index in [4.69, 9.17) is 5.73 Å². The Labute approximate surface area is 177 Å². The van der Waals surface area contributed by atoms with E-state index in [-0.39, 0.29) is 0 Å². The predicted molar refractivity (Wildman–Crippen MR) is 117 cm³/mol. The minimum Gasteiger partial charge on any atom is -0.351 e. The maximum atomic E-state index is 13.8. The van der Waals surface area contributed by atoms with Crippen LogP contribution >= 0.6 is 11.3 Å². The molecule has 0 radical (unpaired) electrons. The summed E-state index contributed by atoms with van der Waals surface area (Å²) in [5.74, 6) is -0.453. The van der Waals surface area contributed by atoms with Gasteiger partial charge in [0.25, 0.3) is 0 Å². The van der Waals surface area contributed by atoms with Gasteiger partial charge in [0.05, 0.1) is 28.9 Å². The van der Waals surface area contributed by atoms with Crippen molar-refractivity contribution in [1.82, 2.24) is 9.97 Å². The third-order valence-corrected chi connectivity index (χ3v) is 5.25. The Kier molecular flexibility index (Phi) is 5.40. The molecule has 6 nitrogen and oxygen atoms in total. The maximum absolute atomic E-state index is 13.8. The number of carbonyl (C=O) groups is 1. The van der Waals surface area contributed by atoms with Gasteiger partial charge in [-0.3, -0.25) is 14.8 Å². The molecule has 4 aromatic rings. The predicted octanol–water partition coefficient (Wildman–Crippen LogP) is 5.67. The number of urea groups is 1. The second kappa shape index (κ2) is 8.30. The average molecular weight is 419 g/mol. The number of aryl methyl sites for hydroxylation is 1. The number of aromatic nitrogens is 2. The van der Waals surface area contributed by atoms with E-state index >= 15 is 0 Å². The van der Waals surface area contributed by atoms with E-state index in [0.29, 0.717) is 11.4 Å². The van der Waals surface area contributed by atoms with Crippen molar-refractivity contribution in [2.24, 2.45) is 5.73 Å². The monoisotopic (exact) mass is 419 g/mol. The van der Waals surface area contributed by atoms with Gasteiger partial charge in [0.15, 0.2) is 5.13 Å². The van der Waals surface area contributed by atoms with Gasteiger partial charge >= 0.3 is 6.03 Å². The van der Waals surface area contributed by atoms with Crippen molar-refractivity contribution < 1.29 is 9.18 Å². The number of hydrogen-bond acceptors (Lipinski definition) is 5. The maximum Gasteiger partial charge on any atom is 0.323 e. The van der Waals surface area contributed by atoms with E-state index in [2.05, 4.69) is 9.97 Å². The molecule has 0 unspecified atom stereocenters. The summed E-state index contributed by atoms with van der Waals surface area (Å²) in [5.41, 5.74) is 9.10. The summed E-state index contributed by atoms with van der Waals surface area (Å²) in [6, 6.07) is 14.3. The van der Waals surface area contributed by atoms with Crippen molar-refractivity contribution in [2.75, 3.05) is 9.80 Å². The molecule has 150 valence electrons. The Bertz CT molecular complexity index is 1170. The van der Waals surface area contributed by atoms with Crippen LogP contribution in [0.15, 0.2) is 78.6 Å². The third-order valence-electron chi connectivity index (χ3n) is 4.49. The molecule has 30 heavy (non-hydrogen) atoms. The summed E-state index contributed by atoms with van der Waals surface area (Å²) in [6.45, 7) is 1.97. The van der Waals surface area contributed by atoms with Gasteiger partial charge in [-0.2, -0.15) is 0 Å². The van der Waals surface area contributed by atoms with Crippen LogP contribution in [0.5, 0.6) is 0 Å². The highest BCUT2D eigenvalue weighted by Gasteiger charge is 2.21. The molecule has 4 rings (SSSR count). The lowest BCUT2D eigenvalue weighted by Gasteiger charge is -2.27. The number of carbonyl (C=O) groups excluding carboxylic acids is 1. The first-order chi connectivity index (χ1) is 14.5. The smallest absolute Gasteiger partial charge is 0.323 e. The van der Waals surface area contributed by atoms with Crippen LogP contribution in [0.3, 0.4) is 0 Å². The van der Waals surface area contributed by atoms with E-state index < -0.39 is 11.8 Å². The van der Waals surface area contributed by atoms with Crippen LogP contribution in [0.1, 0.15) is 5.56 Å². The SMILES string of the molecule is Cc1ccc(N(C(N)=O)c2cccc(F)c2)cc1N(c1cccnc1)c1nccs1. The van der Waals surface area contributed by atoms with Crippen LogP contribution in [-0.2, 0) is 0 Å². The van der Waals surface area contributed by atoms with E-state index in [1.54, 1.807) is 30.7 Å². The Morgan fingerprint density at radius 2 is 1.83 bits per heavy atom. The van der Waals surface area contributed by atoms with Crippen molar-refractivity contribution in [3.8, 4) is 0 Å². The van der Waals surface area contributed by atoms with Gasteiger partial charge in [0, 0.05) is 17.8 Å². The first-order valence-electron chi connectivity index (χ1n) is 9.10. The fourth-order valence-corrected chi connectivity index (χ4v) is 3.84. The standard InChI is InChI=1S/C22H18FN5OS/c1-15-7-8-18(27(21(24)29)17-5-2-4-16(23)12-17)13-20(15)28(22-26-10-11-30-22)19-6-3-9-25-14-19/h2-14H,1H3,(H2,24,29). The Morgan fingerprint density at radius 1 is 1.03 bits per heavy atom. The second-order valence-electron chi connectivity index (χ2n) is 6.49. The zero-order valence-corrected chi connectivity index (χ0v) is 16.9. The number of anilines is 5. The number of hydrogen-bond donors (Lipinski definition) is 1. The number of nitrogens with two attached hydrogens (primary N) is 1. The van der Waals surface area contributed by atoms with Crippen molar-refractivity contribution in [3.05, 3.63) is 89.9 Å². The molecule has 0 saturated heterocycles. The van der Waals surface area contributed by atoms with Gasteiger partial charge in [0.1, 0.15) is 5.82 Å². The van der Waals surface area contributed by atoms with Gasteiger partial charge in [-0.25, -0.2) is 14.2 Å². The lowest BCUT2D eigenvalue weighted by atomic mass is 10.1. The lowest BCUT2D eigenvalue weighted by Crippen LogP contribution is -2.31. The number of halogens is 1. The Balaban J connectivity index is 1.87. The fourth-order valence-electron chi connectivity index (χ4n) is 3.16. The molecule has 2 aromatic heterocycles. The van der Waals surface area contributed by atoms with Crippen molar-refractivity contribution in [3.63, 3.8) is 0 Å². The first kappa shape index (κ1) is 19.5. The van der Waals surface area contributed by atoms with Crippen molar-refractivity contribution in [1.29, 1.82) is 0 Å². The van der Waals surface area contributed by atoms with Crippen LogP contribution in [0.25, 0.3) is 0 Å². The Hall–Kier alpha value is -3.78. The molecule has 0 saturated carbocycles. The molecular weight excluding hydrogens is 401 g/mol. The lowest BCUT2D eigenvalue weighted by molar-refractivity contribution is 0.256. The fraction of sp³-hybridized carbons (Fsp3) is 0.0455. The van der Waals surface area contributed by atoms with Gasteiger partial charge in [0.2, 0.25) is 0 Å². The van der Waals surface area contributed by atoms with Crippen LogP contribution in [0, 0.1) is 12.7 Å². The molecule has 0 aliphatic carbocycles. The highest BCUT2D eigenvalue weighted by molar-refractivity contribution is 7.13. The van der Waals surface area contributed by atoms with Crippen LogP contribution in [0.4, 0.5) is 37.1 Å². The molecule has 0 aliphatic rings. The van der Waals surface area contributed by atoms with Crippen LogP contribution in [-0.4, -0.2) is 16.0 Å². The molecular formula is C22H18FN5OS. The van der Waals surface area contributed by atoms with E-state index in [0.717, 1.165) is 22.1 Å². The summed E-state index contributed by atoms with van der Waals surface area (Å²) >= 11 is 1.48. The number of benzene rings is 2. The minimum atomic E-state index is -0.711. The zero-order chi connectivity index (χ0) is 21.1. The number of pyridine rings is 1. The molecule has 0 bridgehead atoms. The number of primary amides is 1. The summed E-state index contributed by atoms with van der Waals surface area (Å²) in [6.07, 6.45) is 5.17. The number of rotatable bonds is 5. The van der Waals surface area contributed by atoms with Gasteiger partial charge < -0.3 is 5.73 Å². The van der Waals surface area contributed by atoms with Gasteiger partial charge in [-0.15, -0.1) is 11.3 Å². The summed E-state index contributed by atoms with van der Waals surface area (Å²) in [5, 5.41) is 2.64. The van der Waals surface area contributed by atoms with E-state index in [1.807, 2.05) is 41.5 Å². The molecule has 2 aromatic carbocycles. The first-order valence-corrected chi connectivity index (χ1v) is 9.98. The molecule has 2 N–H and O–H groups in total. The number of thiazole rings is 1. The van der Waals surface area contributed by atoms with Crippen LogP contribution < -0.4 is 15.5 Å². The summed E-state index contributed by atoms with van der Waals surface area (Å²) in [7, 11) is 0. The minimum absolute atomic E-state index is 0.347. The average Bonchev–Trinajstić information content (AvgIpc) is 3.25. The summed E-state index contributed by atoms with van der Waals surface area (Å²) in [4.78, 5) is 24.2. The molecule has 0 spiro atoms. The van der Waals surface area contributed by atoms with Gasteiger partial charge in [-0.05, 0) is 55.0 Å². The topological polar surface area (TPSA) is 75.3 Å². The molecule has 0 aliphatic heterocycles. The molecule has 2 heterocycles. The molecule has 2 amide bonds. The van der Waals surface area contributed by atoms with E-state index in [9.17, 15) is 9.18 Å². The molecule has 0 atom stereocenters. The Morgan fingerprint density at radius 3 is 2.50 bits per heavy atom. The normalized spacial score (nSPS) is 10.6. The van der Waals surface area contributed by atoms with E-state index in [1.165, 1.54) is 34.4 Å². The number of nitrogens with zero attached hydrogens (tertiary/aromatic N) is 4. The molecule has 0 fully saturated rings. The largest absolute Gasteiger partial charge is 0.351 e.